The molecule has 62 valence electrons. The van der Waals surface area contributed by atoms with E-state index in [0.717, 1.165) is 0 Å². The van der Waals surface area contributed by atoms with Gasteiger partial charge < -0.3 is 0 Å². The molecule has 2 rings (SSSR count). The van der Waals surface area contributed by atoms with E-state index in [0.29, 0.717) is 0 Å². The highest BCUT2D eigenvalue weighted by molar-refractivity contribution is 7.56. The standard InChI is InChI=1S/C10H13PSi/c1-12(2,3)10-7-8-5-4-6-9(8)11-10/h4-7H,1-3H3. The summed E-state index contributed by atoms with van der Waals surface area (Å²) in [5, 5.41) is 1.51. The van der Waals surface area contributed by atoms with Gasteiger partial charge in [0.1, 0.15) is 0 Å². The van der Waals surface area contributed by atoms with E-state index in [-0.39, 0.29) is 0 Å². The molecular weight excluding hydrogens is 179 g/mol. The Hall–Kier alpha value is -0.393. The Bertz CT molecular complexity index is 337. The van der Waals surface area contributed by atoms with E-state index in [2.05, 4.69) is 43.9 Å². The summed E-state index contributed by atoms with van der Waals surface area (Å²) in [6, 6.07) is 0. The lowest BCUT2D eigenvalue weighted by Crippen LogP contribution is -2.29. The Labute approximate surface area is 76.5 Å². The Balaban J connectivity index is 2.37. The second kappa shape index (κ2) is 2.55. The fourth-order valence-electron chi connectivity index (χ4n) is 1.34. The molecule has 2 aliphatic rings. The number of hydrogen-bond donors (Lipinski definition) is 0. The van der Waals surface area contributed by atoms with Crippen LogP contribution in [0.15, 0.2) is 35.2 Å². The molecule has 0 nitrogen and oxygen atoms in total. The zero-order valence-electron chi connectivity index (χ0n) is 7.76. The molecule has 1 heterocycles. The number of allylic oxidation sites excluding steroid dienone is 6. The first-order valence-electron chi connectivity index (χ1n) is 4.27. The molecule has 0 bridgehead atoms. The van der Waals surface area contributed by atoms with Gasteiger partial charge in [0.2, 0.25) is 0 Å². The van der Waals surface area contributed by atoms with Gasteiger partial charge in [-0.05, 0) is 16.6 Å². The molecule has 0 aromatic rings. The predicted octanol–water partition coefficient (Wildman–Crippen LogP) is 3.38. The molecule has 0 aromatic carbocycles. The molecule has 0 saturated carbocycles. The van der Waals surface area contributed by atoms with Gasteiger partial charge in [-0.2, -0.15) is 0 Å². The molecule has 0 fully saturated rings. The summed E-state index contributed by atoms with van der Waals surface area (Å²) in [5.41, 5.74) is 1.45. The van der Waals surface area contributed by atoms with Crippen LogP contribution < -0.4 is 0 Å². The number of rotatable bonds is 1. The Morgan fingerprint density at radius 2 is 2.00 bits per heavy atom. The molecule has 0 saturated heterocycles. The first-order chi connectivity index (χ1) is 5.57. The summed E-state index contributed by atoms with van der Waals surface area (Å²) < 4.78 is 0. The fraction of sp³-hybridized carbons (Fsp3) is 0.300. The molecule has 0 aromatic heterocycles. The van der Waals surface area contributed by atoms with Crippen molar-refractivity contribution in [3.05, 3.63) is 35.2 Å². The Kier molecular flexibility index (Phi) is 1.74. The zero-order valence-corrected chi connectivity index (χ0v) is 9.65. The summed E-state index contributed by atoms with van der Waals surface area (Å²) >= 11 is 0. The van der Waals surface area contributed by atoms with Crippen LogP contribution in [0.4, 0.5) is 0 Å². The average Bonchev–Trinajstić information content (AvgIpc) is 2.37. The van der Waals surface area contributed by atoms with Crippen molar-refractivity contribution in [1.82, 2.24) is 0 Å². The van der Waals surface area contributed by atoms with Crippen molar-refractivity contribution in [3.8, 4) is 0 Å². The van der Waals surface area contributed by atoms with Crippen molar-refractivity contribution in [3.63, 3.8) is 0 Å². The van der Waals surface area contributed by atoms with Gasteiger partial charge in [0.25, 0.3) is 0 Å². The van der Waals surface area contributed by atoms with Gasteiger partial charge in [-0.15, -0.1) is 0 Å². The lowest BCUT2D eigenvalue weighted by Gasteiger charge is -2.14. The normalized spacial score (nSPS) is 21.8. The molecule has 0 amide bonds. The van der Waals surface area contributed by atoms with Gasteiger partial charge >= 0.3 is 0 Å². The smallest absolute Gasteiger partial charge is 0.0688 e. The lowest BCUT2D eigenvalue weighted by molar-refractivity contribution is 1.77. The zero-order chi connectivity index (χ0) is 8.77. The molecule has 0 atom stereocenters. The minimum atomic E-state index is -1.04. The second-order valence-electron chi connectivity index (χ2n) is 4.26. The summed E-state index contributed by atoms with van der Waals surface area (Å²) in [5.74, 6) is 0. The third kappa shape index (κ3) is 1.28. The van der Waals surface area contributed by atoms with Gasteiger partial charge in [0.05, 0.1) is 8.07 Å². The third-order valence-electron chi connectivity index (χ3n) is 2.13. The van der Waals surface area contributed by atoms with Crippen LogP contribution in [-0.2, 0) is 0 Å². The Morgan fingerprint density at radius 3 is 2.58 bits per heavy atom. The van der Waals surface area contributed by atoms with Gasteiger partial charge in [0, 0.05) is 5.31 Å². The lowest BCUT2D eigenvalue weighted by atomic mass is 10.3. The number of hydrogen-bond acceptors (Lipinski definition) is 0. The van der Waals surface area contributed by atoms with Crippen LogP contribution in [0.1, 0.15) is 0 Å². The van der Waals surface area contributed by atoms with Crippen LogP contribution >= 0.6 is 8.20 Å². The van der Waals surface area contributed by atoms with Crippen molar-refractivity contribution in [1.29, 1.82) is 0 Å². The van der Waals surface area contributed by atoms with Crippen LogP contribution in [0.25, 0.3) is 0 Å². The summed E-state index contributed by atoms with van der Waals surface area (Å²) in [4.78, 5) is 1.67. The van der Waals surface area contributed by atoms with Gasteiger partial charge in [0.15, 0.2) is 0 Å². The van der Waals surface area contributed by atoms with Crippen molar-refractivity contribution < 1.29 is 0 Å². The van der Waals surface area contributed by atoms with Crippen molar-refractivity contribution >= 4 is 21.2 Å². The SMILES string of the molecule is C[Si](C)(C)C1=PC2=CC=CC2=C1. The second-order valence-corrected chi connectivity index (χ2v) is 10.9. The maximum absolute atomic E-state index is 2.41. The van der Waals surface area contributed by atoms with Crippen molar-refractivity contribution in [2.45, 2.75) is 19.6 Å². The van der Waals surface area contributed by atoms with E-state index in [4.69, 9.17) is 0 Å². The highest BCUT2D eigenvalue weighted by Gasteiger charge is 2.24. The molecule has 0 spiro atoms. The van der Waals surface area contributed by atoms with E-state index in [1.807, 2.05) is 0 Å². The van der Waals surface area contributed by atoms with E-state index in [9.17, 15) is 0 Å². The van der Waals surface area contributed by atoms with Gasteiger partial charge in [-0.1, -0.05) is 46.1 Å². The van der Waals surface area contributed by atoms with Crippen molar-refractivity contribution in [2.24, 2.45) is 0 Å². The van der Waals surface area contributed by atoms with Crippen LogP contribution in [0.5, 0.6) is 0 Å². The molecule has 1 aliphatic heterocycles. The molecule has 2 heteroatoms. The summed E-state index contributed by atoms with van der Waals surface area (Å²) in [7, 11) is 0.434. The molecule has 0 unspecified atom stereocenters. The van der Waals surface area contributed by atoms with Crippen LogP contribution in [0, 0.1) is 0 Å². The van der Waals surface area contributed by atoms with E-state index < -0.39 is 8.07 Å². The highest BCUT2D eigenvalue weighted by Crippen LogP contribution is 2.37. The first-order valence-corrected chi connectivity index (χ1v) is 8.66. The van der Waals surface area contributed by atoms with E-state index >= 15 is 0 Å². The predicted molar refractivity (Wildman–Crippen MR) is 60.6 cm³/mol. The van der Waals surface area contributed by atoms with Crippen LogP contribution in [0.2, 0.25) is 19.6 Å². The summed E-state index contributed by atoms with van der Waals surface area (Å²) in [6.45, 7) is 7.24. The molecular formula is C10H13PSi. The van der Waals surface area contributed by atoms with E-state index in [1.165, 1.54) is 19.1 Å². The molecule has 12 heavy (non-hydrogen) atoms. The van der Waals surface area contributed by atoms with Crippen LogP contribution in [-0.4, -0.2) is 13.0 Å². The number of fused-ring (bicyclic) bond motifs is 1. The molecule has 0 N–H and O–H groups in total. The average molecular weight is 192 g/mol. The van der Waals surface area contributed by atoms with Crippen molar-refractivity contribution in [2.75, 3.05) is 0 Å². The maximum atomic E-state index is 2.41. The third-order valence-corrected chi connectivity index (χ3v) is 7.17. The Morgan fingerprint density at radius 1 is 1.25 bits per heavy atom. The fourth-order valence-corrected chi connectivity index (χ4v) is 4.53. The minimum Gasteiger partial charge on any atom is -0.0688 e. The maximum Gasteiger partial charge on any atom is 0.0835 e. The highest BCUT2D eigenvalue weighted by atomic mass is 31.1. The molecule has 0 radical (unpaired) electrons. The van der Waals surface area contributed by atoms with E-state index in [1.54, 1.807) is 4.92 Å². The largest absolute Gasteiger partial charge is 0.0835 e. The topological polar surface area (TPSA) is 0 Å². The van der Waals surface area contributed by atoms with Gasteiger partial charge in [-0.3, -0.25) is 0 Å². The minimum absolute atomic E-state index is 1.04. The first kappa shape index (κ1) is 8.22. The van der Waals surface area contributed by atoms with Gasteiger partial charge in [-0.25, -0.2) is 0 Å². The molecule has 1 aliphatic carbocycles. The van der Waals surface area contributed by atoms with Crippen LogP contribution in [0.3, 0.4) is 0 Å². The monoisotopic (exact) mass is 192 g/mol. The summed E-state index contributed by atoms with van der Waals surface area (Å²) in [6.07, 6.45) is 8.99. The quantitative estimate of drug-likeness (QED) is 0.441.